The van der Waals surface area contributed by atoms with Crippen molar-refractivity contribution in [1.82, 2.24) is 0 Å². The molecule has 0 aliphatic rings. The van der Waals surface area contributed by atoms with Crippen LogP contribution in [0.15, 0.2) is 54.6 Å². The molecule has 8 heteroatoms. The average Bonchev–Trinajstić information content (AvgIpc) is 2.69. The highest BCUT2D eigenvalue weighted by molar-refractivity contribution is 6.12. The lowest BCUT2D eigenvalue weighted by Crippen LogP contribution is -2.09. The Hall–Kier alpha value is -4.20. The summed E-state index contributed by atoms with van der Waals surface area (Å²) in [6, 6.07) is 11.8. The largest absolute Gasteiger partial charge is 0.504 e. The van der Waals surface area contributed by atoms with E-state index < -0.39 is 46.2 Å². The highest BCUT2D eigenvalue weighted by Gasteiger charge is 2.23. The number of benzene rings is 3. The number of ether oxygens (including phenoxy) is 1. The zero-order valence-electron chi connectivity index (χ0n) is 14.2. The van der Waals surface area contributed by atoms with Gasteiger partial charge in [0.1, 0.15) is 0 Å². The second-order valence-electron chi connectivity index (χ2n) is 5.76. The summed E-state index contributed by atoms with van der Waals surface area (Å²) in [4.78, 5) is 24.6. The smallest absolute Gasteiger partial charge is 0.343 e. The summed E-state index contributed by atoms with van der Waals surface area (Å²) < 4.78 is 4.99. The van der Waals surface area contributed by atoms with Crippen molar-refractivity contribution in [3.63, 3.8) is 0 Å². The lowest BCUT2D eigenvalue weighted by Gasteiger charge is -2.11. The third-order valence-electron chi connectivity index (χ3n) is 3.89. The van der Waals surface area contributed by atoms with Crippen LogP contribution < -0.4 is 4.74 Å². The van der Waals surface area contributed by atoms with Crippen molar-refractivity contribution in [1.29, 1.82) is 0 Å². The number of ketones is 1. The van der Waals surface area contributed by atoms with Crippen LogP contribution in [-0.4, -0.2) is 37.3 Å². The Balaban J connectivity index is 1.93. The zero-order chi connectivity index (χ0) is 20.4. The van der Waals surface area contributed by atoms with Crippen molar-refractivity contribution in [3.8, 4) is 34.5 Å². The minimum absolute atomic E-state index is 0.186. The lowest BCUT2D eigenvalue weighted by molar-refractivity contribution is 0.0724. The Labute approximate surface area is 158 Å². The summed E-state index contributed by atoms with van der Waals surface area (Å²) in [7, 11) is 0. The fourth-order valence-electron chi connectivity index (χ4n) is 2.47. The van der Waals surface area contributed by atoms with Crippen molar-refractivity contribution in [2.45, 2.75) is 0 Å². The third kappa shape index (κ3) is 3.38. The van der Waals surface area contributed by atoms with Gasteiger partial charge >= 0.3 is 5.97 Å². The quantitative estimate of drug-likeness (QED) is 0.200. The number of rotatable bonds is 4. The molecule has 0 fully saturated rings. The van der Waals surface area contributed by atoms with Crippen molar-refractivity contribution in [2.24, 2.45) is 0 Å². The van der Waals surface area contributed by atoms with Crippen LogP contribution in [-0.2, 0) is 0 Å². The number of phenols is 5. The molecule has 0 saturated heterocycles. The maximum absolute atomic E-state index is 12.5. The van der Waals surface area contributed by atoms with Gasteiger partial charge in [-0.05, 0) is 36.4 Å². The molecule has 8 nitrogen and oxygen atoms in total. The fraction of sp³-hybridized carbons (Fsp3) is 0. The lowest BCUT2D eigenvalue weighted by atomic mass is 10.0. The highest BCUT2D eigenvalue weighted by Crippen LogP contribution is 2.41. The van der Waals surface area contributed by atoms with E-state index >= 15 is 0 Å². The van der Waals surface area contributed by atoms with Gasteiger partial charge in [-0.2, -0.15) is 0 Å². The van der Waals surface area contributed by atoms with E-state index in [2.05, 4.69) is 0 Å². The monoisotopic (exact) mass is 382 g/mol. The number of hydrogen-bond donors (Lipinski definition) is 5. The Morgan fingerprint density at radius 1 is 0.679 bits per heavy atom. The van der Waals surface area contributed by atoms with Gasteiger partial charge in [0.25, 0.3) is 0 Å². The highest BCUT2D eigenvalue weighted by atomic mass is 16.5. The summed E-state index contributed by atoms with van der Waals surface area (Å²) in [6.07, 6.45) is 0. The number of esters is 1. The van der Waals surface area contributed by atoms with Gasteiger partial charge in [0.15, 0.2) is 28.8 Å². The Morgan fingerprint density at radius 3 is 1.89 bits per heavy atom. The van der Waals surface area contributed by atoms with Gasteiger partial charge in [-0.15, -0.1) is 0 Å². The number of aromatic hydroxyl groups is 5. The van der Waals surface area contributed by atoms with E-state index in [1.165, 1.54) is 12.1 Å². The molecule has 0 aromatic heterocycles. The molecule has 142 valence electrons. The molecule has 3 rings (SSSR count). The molecule has 28 heavy (non-hydrogen) atoms. The summed E-state index contributed by atoms with van der Waals surface area (Å²) in [5, 5.41) is 48.9. The second kappa shape index (κ2) is 7.20. The molecule has 0 aliphatic carbocycles. The average molecular weight is 382 g/mol. The minimum Gasteiger partial charge on any atom is -0.504 e. The zero-order valence-corrected chi connectivity index (χ0v) is 14.2. The van der Waals surface area contributed by atoms with Gasteiger partial charge in [0, 0.05) is 5.56 Å². The van der Waals surface area contributed by atoms with Gasteiger partial charge in [-0.3, -0.25) is 4.79 Å². The Morgan fingerprint density at radius 2 is 1.29 bits per heavy atom. The Bertz CT molecular complexity index is 1050. The van der Waals surface area contributed by atoms with E-state index in [0.717, 1.165) is 24.3 Å². The van der Waals surface area contributed by atoms with Gasteiger partial charge in [0.05, 0.1) is 11.1 Å². The fourth-order valence-corrected chi connectivity index (χ4v) is 2.47. The number of hydrogen-bond acceptors (Lipinski definition) is 8. The normalized spacial score (nSPS) is 10.4. The number of carbonyl (C=O) groups is 2. The summed E-state index contributed by atoms with van der Waals surface area (Å²) in [5.74, 6) is -5.96. The van der Waals surface area contributed by atoms with Crippen LogP contribution in [0.2, 0.25) is 0 Å². The predicted molar refractivity (Wildman–Crippen MR) is 96.0 cm³/mol. The van der Waals surface area contributed by atoms with E-state index in [4.69, 9.17) is 4.74 Å². The minimum atomic E-state index is -0.882. The topological polar surface area (TPSA) is 145 Å². The Kier molecular flexibility index (Phi) is 4.78. The van der Waals surface area contributed by atoms with E-state index in [9.17, 15) is 35.1 Å². The molecule has 0 spiro atoms. The summed E-state index contributed by atoms with van der Waals surface area (Å²) in [6.45, 7) is 0. The van der Waals surface area contributed by atoms with Gasteiger partial charge in [0.2, 0.25) is 11.5 Å². The van der Waals surface area contributed by atoms with Crippen LogP contribution in [0.1, 0.15) is 26.3 Å². The molecule has 0 aliphatic heterocycles. The first-order valence-corrected chi connectivity index (χ1v) is 7.91. The van der Waals surface area contributed by atoms with E-state index in [1.807, 2.05) is 0 Å². The molecule has 0 amide bonds. The third-order valence-corrected chi connectivity index (χ3v) is 3.89. The number of carbonyl (C=O) groups excluding carboxylic acids is 2. The van der Waals surface area contributed by atoms with Crippen LogP contribution in [0, 0.1) is 0 Å². The SMILES string of the molecule is O=C(Oc1c(O)cc(C(=O)c2ccc(O)c(O)c2O)cc1O)c1ccccc1. The molecule has 3 aromatic carbocycles. The van der Waals surface area contributed by atoms with Crippen LogP contribution in [0.25, 0.3) is 0 Å². The first-order chi connectivity index (χ1) is 13.3. The summed E-state index contributed by atoms with van der Waals surface area (Å²) in [5.41, 5.74) is -0.441. The molecule has 0 bridgehead atoms. The number of phenolic OH excluding ortho intramolecular Hbond substituents is 5. The molecule has 0 heterocycles. The van der Waals surface area contributed by atoms with Crippen LogP contribution in [0.3, 0.4) is 0 Å². The molecule has 0 unspecified atom stereocenters. The molecule has 3 aromatic rings. The molecular formula is C20H14O8. The molecule has 0 saturated carbocycles. The standard InChI is InChI=1S/C20H14O8/c21-13-7-6-12(17(25)18(13)26)16(24)11-8-14(22)19(15(23)9-11)28-20(27)10-4-2-1-3-5-10/h1-9,21-23,25-26H. The van der Waals surface area contributed by atoms with Gasteiger partial charge < -0.3 is 30.3 Å². The maximum atomic E-state index is 12.5. The van der Waals surface area contributed by atoms with Gasteiger partial charge in [-0.1, -0.05) is 18.2 Å². The van der Waals surface area contributed by atoms with Crippen LogP contribution >= 0.6 is 0 Å². The van der Waals surface area contributed by atoms with Crippen LogP contribution in [0.4, 0.5) is 0 Å². The van der Waals surface area contributed by atoms with Crippen molar-refractivity contribution < 1.29 is 39.9 Å². The maximum Gasteiger partial charge on any atom is 0.343 e. The van der Waals surface area contributed by atoms with E-state index in [0.29, 0.717) is 0 Å². The first-order valence-electron chi connectivity index (χ1n) is 7.91. The first kappa shape index (κ1) is 18.6. The van der Waals surface area contributed by atoms with Crippen molar-refractivity contribution in [2.75, 3.05) is 0 Å². The van der Waals surface area contributed by atoms with Gasteiger partial charge in [-0.25, -0.2) is 4.79 Å². The molecule has 5 N–H and O–H groups in total. The molecule has 0 atom stereocenters. The summed E-state index contributed by atoms with van der Waals surface area (Å²) >= 11 is 0. The second-order valence-corrected chi connectivity index (χ2v) is 5.76. The predicted octanol–water partition coefficient (Wildman–Crippen LogP) is 2.66. The van der Waals surface area contributed by atoms with Crippen LogP contribution in [0.5, 0.6) is 34.5 Å². The van der Waals surface area contributed by atoms with E-state index in [1.54, 1.807) is 18.2 Å². The molecule has 0 radical (unpaired) electrons. The van der Waals surface area contributed by atoms with Crippen molar-refractivity contribution >= 4 is 11.8 Å². The van der Waals surface area contributed by atoms with Crippen molar-refractivity contribution in [3.05, 3.63) is 71.3 Å². The van der Waals surface area contributed by atoms with E-state index in [-0.39, 0.29) is 16.7 Å². The molecular weight excluding hydrogens is 368 g/mol.